The molecule has 1 aliphatic heterocycles. The zero-order valence-electron chi connectivity index (χ0n) is 11.1. The van der Waals surface area contributed by atoms with Gasteiger partial charge in [-0.1, -0.05) is 30.3 Å². The molecular weight excluding hydrogens is 266 g/mol. The zero-order valence-corrected chi connectivity index (χ0v) is 11.1. The minimum atomic E-state index is -1.25. The van der Waals surface area contributed by atoms with Gasteiger partial charge < -0.3 is 11.1 Å². The van der Waals surface area contributed by atoms with Crippen LogP contribution >= 0.6 is 0 Å². The predicted molar refractivity (Wildman–Crippen MR) is 79.8 cm³/mol. The van der Waals surface area contributed by atoms with Gasteiger partial charge in [-0.25, -0.2) is 4.99 Å². The maximum Gasteiger partial charge on any atom is 0.275 e. The van der Waals surface area contributed by atoms with E-state index in [1.54, 1.807) is 48.5 Å². The minimum Gasteiger partial charge on any atom is -0.399 e. The van der Waals surface area contributed by atoms with E-state index in [0.717, 1.165) is 0 Å². The van der Waals surface area contributed by atoms with Crippen LogP contribution in [-0.4, -0.2) is 12.2 Å². The summed E-state index contributed by atoms with van der Waals surface area (Å²) >= 11 is 0. The standard InChI is InChI=1S/C15H13N5O/c16-13-8-4-7-12(9-13)15(17-10-18-20-15)19-14(21)11-5-2-1-3-6-11/h1-10H,16H2,(H,19,21). The van der Waals surface area contributed by atoms with Gasteiger partial charge >= 0.3 is 0 Å². The van der Waals surface area contributed by atoms with E-state index in [4.69, 9.17) is 5.73 Å². The number of nitrogens with one attached hydrogen (secondary N) is 1. The highest BCUT2D eigenvalue weighted by Gasteiger charge is 2.36. The zero-order chi connectivity index (χ0) is 14.7. The van der Waals surface area contributed by atoms with Gasteiger partial charge in [0.2, 0.25) is 0 Å². The molecule has 2 aromatic carbocycles. The van der Waals surface area contributed by atoms with Crippen molar-refractivity contribution in [1.82, 2.24) is 5.32 Å². The number of amides is 1. The van der Waals surface area contributed by atoms with E-state index in [1.165, 1.54) is 6.34 Å². The second-order valence-electron chi connectivity index (χ2n) is 4.58. The van der Waals surface area contributed by atoms with Crippen molar-refractivity contribution in [1.29, 1.82) is 0 Å². The molecule has 21 heavy (non-hydrogen) atoms. The van der Waals surface area contributed by atoms with E-state index in [2.05, 4.69) is 20.5 Å². The summed E-state index contributed by atoms with van der Waals surface area (Å²) in [5.74, 6) is -1.53. The number of nitrogens with zero attached hydrogens (tertiary/aromatic N) is 3. The van der Waals surface area contributed by atoms with Crippen LogP contribution in [0.25, 0.3) is 0 Å². The van der Waals surface area contributed by atoms with Crippen molar-refractivity contribution >= 4 is 17.9 Å². The molecule has 6 nitrogen and oxygen atoms in total. The Kier molecular flexibility index (Phi) is 3.19. The molecule has 0 radical (unpaired) electrons. The molecule has 0 fully saturated rings. The van der Waals surface area contributed by atoms with Crippen molar-refractivity contribution in [2.45, 2.75) is 5.79 Å². The first-order valence-corrected chi connectivity index (χ1v) is 6.39. The summed E-state index contributed by atoms with van der Waals surface area (Å²) in [5, 5.41) is 10.6. The van der Waals surface area contributed by atoms with Crippen LogP contribution in [0.15, 0.2) is 69.8 Å². The number of hydrogen-bond acceptors (Lipinski definition) is 5. The lowest BCUT2D eigenvalue weighted by Gasteiger charge is -2.23. The van der Waals surface area contributed by atoms with E-state index in [1.807, 2.05) is 6.07 Å². The van der Waals surface area contributed by atoms with Crippen molar-refractivity contribution in [3.8, 4) is 0 Å². The number of nitrogens with two attached hydrogens (primary N) is 1. The molecular formula is C15H13N5O. The van der Waals surface area contributed by atoms with Crippen LogP contribution in [0.2, 0.25) is 0 Å². The Morgan fingerprint density at radius 2 is 1.90 bits per heavy atom. The average Bonchev–Trinajstić information content (AvgIpc) is 2.98. The van der Waals surface area contributed by atoms with Crippen molar-refractivity contribution in [2.24, 2.45) is 15.2 Å². The fourth-order valence-corrected chi connectivity index (χ4v) is 2.08. The topological polar surface area (TPSA) is 92.2 Å². The summed E-state index contributed by atoms with van der Waals surface area (Å²) in [6, 6.07) is 15.9. The Morgan fingerprint density at radius 3 is 2.57 bits per heavy atom. The number of rotatable bonds is 3. The lowest BCUT2D eigenvalue weighted by Crippen LogP contribution is -2.42. The third-order valence-electron chi connectivity index (χ3n) is 3.11. The van der Waals surface area contributed by atoms with Crippen LogP contribution in [0.3, 0.4) is 0 Å². The Labute approximate surface area is 121 Å². The number of azo groups is 1. The van der Waals surface area contributed by atoms with Gasteiger partial charge in [-0.3, -0.25) is 4.79 Å². The van der Waals surface area contributed by atoms with Gasteiger partial charge in [0.1, 0.15) is 6.34 Å². The molecule has 6 heteroatoms. The Bertz CT molecular complexity index is 712. The Balaban J connectivity index is 1.95. The fourth-order valence-electron chi connectivity index (χ4n) is 2.08. The molecule has 0 saturated heterocycles. The van der Waals surface area contributed by atoms with Crippen LogP contribution in [0, 0.1) is 0 Å². The van der Waals surface area contributed by atoms with E-state index < -0.39 is 5.79 Å². The summed E-state index contributed by atoms with van der Waals surface area (Å²) in [7, 11) is 0. The molecule has 1 heterocycles. The normalized spacial score (nSPS) is 19.6. The van der Waals surface area contributed by atoms with Crippen LogP contribution in [0.4, 0.5) is 5.69 Å². The molecule has 0 aromatic heterocycles. The van der Waals surface area contributed by atoms with Gasteiger partial charge in [0.05, 0.1) is 0 Å². The Morgan fingerprint density at radius 1 is 1.10 bits per heavy atom. The van der Waals surface area contributed by atoms with Crippen molar-refractivity contribution in [2.75, 3.05) is 5.73 Å². The largest absolute Gasteiger partial charge is 0.399 e. The van der Waals surface area contributed by atoms with Crippen LogP contribution in [0.5, 0.6) is 0 Å². The molecule has 0 bridgehead atoms. The van der Waals surface area contributed by atoms with Crippen molar-refractivity contribution in [3.05, 3.63) is 65.7 Å². The van der Waals surface area contributed by atoms with Gasteiger partial charge in [0.15, 0.2) is 0 Å². The quantitative estimate of drug-likeness (QED) is 0.844. The maximum absolute atomic E-state index is 12.3. The fraction of sp³-hybridized carbons (Fsp3) is 0.0667. The van der Waals surface area contributed by atoms with Crippen molar-refractivity contribution < 1.29 is 4.79 Å². The second-order valence-corrected chi connectivity index (χ2v) is 4.58. The monoisotopic (exact) mass is 279 g/mol. The van der Waals surface area contributed by atoms with Gasteiger partial charge in [-0.15, -0.1) is 10.2 Å². The summed E-state index contributed by atoms with van der Waals surface area (Å²) in [6.45, 7) is 0. The minimum absolute atomic E-state index is 0.281. The van der Waals surface area contributed by atoms with E-state index in [9.17, 15) is 4.79 Å². The van der Waals surface area contributed by atoms with Crippen LogP contribution in [0.1, 0.15) is 15.9 Å². The first-order chi connectivity index (χ1) is 10.2. The van der Waals surface area contributed by atoms with Crippen LogP contribution < -0.4 is 11.1 Å². The maximum atomic E-state index is 12.3. The number of anilines is 1. The highest BCUT2D eigenvalue weighted by molar-refractivity contribution is 5.94. The lowest BCUT2D eigenvalue weighted by molar-refractivity contribution is 0.0903. The first kappa shape index (κ1) is 13.0. The summed E-state index contributed by atoms with van der Waals surface area (Å²) in [4.78, 5) is 16.5. The van der Waals surface area contributed by atoms with Gasteiger partial charge in [0.25, 0.3) is 11.7 Å². The highest BCUT2D eigenvalue weighted by Crippen LogP contribution is 2.29. The van der Waals surface area contributed by atoms with E-state index in [-0.39, 0.29) is 5.91 Å². The number of hydrogen-bond donors (Lipinski definition) is 2. The van der Waals surface area contributed by atoms with Gasteiger partial charge in [-0.05, 0) is 24.3 Å². The number of carbonyl (C=O) groups is 1. The lowest BCUT2D eigenvalue weighted by atomic mass is 10.1. The summed E-state index contributed by atoms with van der Waals surface area (Å²) in [6.07, 6.45) is 1.31. The van der Waals surface area contributed by atoms with Crippen LogP contribution in [-0.2, 0) is 5.79 Å². The third-order valence-corrected chi connectivity index (χ3v) is 3.11. The molecule has 1 amide bonds. The van der Waals surface area contributed by atoms with Crippen molar-refractivity contribution in [3.63, 3.8) is 0 Å². The SMILES string of the molecule is Nc1cccc(C2(NC(=O)c3ccccc3)N=CN=N2)c1. The number of nitrogen functional groups attached to an aromatic ring is 1. The number of aliphatic imine (C=N–C) groups is 1. The average molecular weight is 279 g/mol. The summed E-state index contributed by atoms with van der Waals surface area (Å²) < 4.78 is 0. The molecule has 1 unspecified atom stereocenters. The predicted octanol–water partition coefficient (Wildman–Crippen LogP) is 2.30. The number of carbonyl (C=O) groups excluding carboxylic acids is 1. The molecule has 3 rings (SSSR count). The molecule has 104 valence electrons. The molecule has 0 saturated carbocycles. The smallest absolute Gasteiger partial charge is 0.275 e. The molecule has 0 spiro atoms. The molecule has 1 atom stereocenters. The molecule has 2 aromatic rings. The van der Waals surface area contributed by atoms with Gasteiger partial charge in [0, 0.05) is 16.8 Å². The summed E-state index contributed by atoms with van der Waals surface area (Å²) in [5.41, 5.74) is 7.54. The van der Waals surface area contributed by atoms with E-state index >= 15 is 0 Å². The van der Waals surface area contributed by atoms with Gasteiger partial charge in [-0.2, -0.15) is 0 Å². The second kappa shape index (κ2) is 5.16. The Hall–Kier alpha value is -3.02. The number of benzene rings is 2. The third kappa shape index (κ3) is 2.51. The molecule has 3 N–H and O–H groups in total. The van der Waals surface area contributed by atoms with E-state index in [0.29, 0.717) is 16.8 Å². The highest BCUT2D eigenvalue weighted by atomic mass is 16.2. The first-order valence-electron chi connectivity index (χ1n) is 6.39. The molecule has 1 aliphatic rings. The molecule has 0 aliphatic carbocycles.